The highest BCUT2D eigenvalue weighted by Crippen LogP contribution is 2.28. The lowest BCUT2D eigenvalue weighted by molar-refractivity contribution is -0.121. The summed E-state index contributed by atoms with van der Waals surface area (Å²) in [6, 6.07) is 12.4. The molecule has 1 aromatic carbocycles. The van der Waals surface area contributed by atoms with Gasteiger partial charge in [-0.1, -0.05) is 25.0 Å². The Morgan fingerprint density at radius 2 is 1.92 bits per heavy atom. The molecule has 130 valence electrons. The van der Waals surface area contributed by atoms with Gasteiger partial charge < -0.3 is 16.4 Å². The van der Waals surface area contributed by atoms with E-state index < -0.39 is 5.54 Å². The minimum atomic E-state index is -0.794. The Morgan fingerprint density at radius 1 is 1.12 bits per heavy atom. The molecule has 3 rings (SSSR count). The Morgan fingerprint density at radius 3 is 2.64 bits per heavy atom. The molecule has 1 aliphatic carbocycles. The van der Waals surface area contributed by atoms with Gasteiger partial charge in [-0.25, -0.2) is 0 Å². The van der Waals surface area contributed by atoms with E-state index in [4.69, 9.17) is 5.73 Å². The van der Waals surface area contributed by atoms with Crippen LogP contribution >= 0.6 is 0 Å². The van der Waals surface area contributed by atoms with E-state index in [0.717, 1.165) is 18.5 Å². The number of nitrogens with two attached hydrogens (primary N) is 1. The molecule has 0 atom stereocenters. The fraction of sp³-hybridized carbons (Fsp3) is 0.316. The van der Waals surface area contributed by atoms with Crippen molar-refractivity contribution in [1.29, 1.82) is 0 Å². The molecule has 1 heterocycles. The Balaban J connectivity index is 1.62. The molecule has 1 aromatic heterocycles. The molecule has 0 radical (unpaired) electrons. The van der Waals surface area contributed by atoms with E-state index in [1.54, 1.807) is 30.5 Å². The summed E-state index contributed by atoms with van der Waals surface area (Å²) in [5.41, 5.74) is 7.21. The zero-order chi connectivity index (χ0) is 17.7. The van der Waals surface area contributed by atoms with Crippen LogP contribution in [-0.2, 0) is 11.3 Å². The third-order valence-corrected chi connectivity index (χ3v) is 4.49. The van der Waals surface area contributed by atoms with E-state index in [1.807, 2.05) is 18.2 Å². The van der Waals surface area contributed by atoms with Crippen LogP contribution in [0.1, 0.15) is 41.7 Å². The van der Waals surface area contributed by atoms with Crippen molar-refractivity contribution in [2.45, 2.75) is 37.8 Å². The van der Waals surface area contributed by atoms with E-state index >= 15 is 0 Å². The average molecular weight is 338 g/mol. The summed E-state index contributed by atoms with van der Waals surface area (Å²) in [5, 5.41) is 5.66. The number of carbonyl (C=O) groups is 2. The molecule has 2 amide bonds. The molecule has 2 aromatic rings. The number of aromatic nitrogens is 1. The molecule has 0 aliphatic heterocycles. The number of nitrogens with zero attached hydrogens (tertiary/aromatic N) is 1. The van der Waals surface area contributed by atoms with Gasteiger partial charge in [0.15, 0.2) is 0 Å². The highest BCUT2D eigenvalue weighted by Gasteiger charge is 2.36. The van der Waals surface area contributed by atoms with E-state index in [9.17, 15) is 9.59 Å². The van der Waals surface area contributed by atoms with Gasteiger partial charge in [-0.05, 0) is 43.2 Å². The Hall–Kier alpha value is -2.73. The number of rotatable bonds is 5. The van der Waals surface area contributed by atoms with Crippen molar-refractivity contribution in [1.82, 2.24) is 10.3 Å². The normalized spacial score (nSPS) is 15.6. The first-order chi connectivity index (χ1) is 12.1. The molecule has 0 unspecified atom stereocenters. The first kappa shape index (κ1) is 17.1. The SMILES string of the molecule is NC1(C(=O)Nc2cccc(C(=O)NCc3ccccn3)c2)CCCC1. The van der Waals surface area contributed by atoms with Crippen LogP contribution in [0.3, 0.4) is 0 Å². The summed E-state index contributed by atoms with van der Waals surface area (Å²) in [6.45, 7) is 0.349. The molecule has 1 saturated carbocycles. The quantitative estimate of drug-likeness (QED) is 0.779. The highest BCUT2D eigenvalue weighted by molar-refractivity contribution is 6.00. The number of carbonyl (C=O) groups excluding carboxylic acids is 2. The van der Waals surface area contributed by atoms with E-state index in [1.165, 1.54) is 0 Å². The summed E-state index contributed by atoms with van der Waals surface area (Å²) in [6.07, 6.45) is 5.02. The number of amides is 2. The molecule has 0 bridgehead atoms. The first-order valence-electron chi connectivity index (χ1n) is 8.45. The summed E-state index contributed by atoms with van der Waals surface area (Å²) in [4.78, 5) is 28.8. The van der Waals surface area contributed by atoms with Crippen LogP contribution in [0.4, 0.5) is 5.69 Å². The summed E-state index contributed by atoms with van der Waals surface area (Å²) in [7, 11) is 0. The van der Waals surface area contributed by atoms with Crippen LogP contribution in [0.25, 0.3) is 0 Å². The maximum Gasteiger partial charge on any atom is 0.251 e. The molecule has 6 nitrogen and oxygen atoms in total. The van der Waals surface area contributed by atoms with Gasteiger partial charge >= 0.3 is 0 Å². The van der Waals surface area contributed by atoms with Crippen LogP contribution < -0.4 is 16.4 Å². The third-order valence-electron chi connectivity index (χ3n) is 4.49. The van der Waals surface area contributed by atoms with Gasteiger partial charge in [-0.15, -0.1) is 0 Å². The van der Waals surface area contributed by atoms with Crippen molar-refractivity contribution in [2.24, 2.45) is 5.73 Å². The van der Waals surface area contributed by atoms with Gasteiger partial charge in [0, 0.05) is 17.4 Å². The predicted octanol–water partition coefficient (Wildman–Crippen LogP) is 2.22. The minimum Gasteiger partial charge on any atom is -0.346 e. The van der Waals surface area contributed by atoms with Crippen molar-refractivity contribution in [3.63, 3.8) is 0 Å². The van der Waals surface area contributed by atoms with Crippen LogP contribution in [0, 0.1) is 0 Å². The lowest BCUT2D eigenvalue weighted by atomic mass is 9.98. The Kier molecular flexibility index (Phi) is 5.09. The molecule has 4 N–H and O–H groups in total. The lowest BCUT2D eigenvalue weighted by Crippen LogP contribution is -2.48. The van der Waals surface area contributed by atoms with Crippen LogP contribution in [0.2, 0.25) is 0 Å². The second-order valence-electron chi connectivity index (χ2n) is 6.40. The van der Waals surface area contributed by atoms with E-state index in [2.05, 4.69) is 15.6 Å². The molecule has 1 aliphatic rings. The second kappa shape index (κ2) is 7.44. The van der Waals surface area contributed by atoms with Crippen molar-refractivity contribution in [3.8, 4) is 0 Å². The van der Waals surface area contributed by atoms with Gasteiger partial charge in [0.25, 0.3) is 5.91 Å². The third kappa shape index (κ3) is 4.22. The van der Waals surface area contributed by atoms with Crippen molar-refractivity contribution in [3.05, 3.63) is 59.9 Å². The maximum atomic E-state index is 12.4. The molecule has 1 fully saturated rings. The summed E-state index contributed by atoms with van der Waals surface area (Å²) in [5.74, 6) is -0.402. The van der Waals surface area contributed by atoms with Gasteiger partial charge in [0.1, 0.15) is 0 Å². The fourth-order valence-electron chi connectivity index (χ4n) is 3.00. The largest absolute Gasteiger partial charge is 0.346 e. The van der Waals surface area contributed by atoms with Gasteiger partial charge in [-0.3, -0.25) is 14.6 Å². The molecule has 0 spiro atoms. The Labute approximate surface area is 146 Å². The first-order valence-corrected chi connectivity index (χ1v) is 8.45. The number of nitrogens with one attached hydrogen (secondary N) is 2. The predicted molar refractivity (Wildman–Crippen MR) is 95.9 cm³/mol. The standard InChI is InChI=1S/C19H22N4O2/c20-19(9-2-3-10-19)18(25)23-15-8-5-6-14(12-15)17(24)22-13-16-7-1-4-11-21-16/h1,4-8,11-12H,2-3,9-10,13,20H2,(H,22,24)(H,23,25). The molecule has 25 heavy (non-hydrogen) atoms. The topological polar surface area (TPSA) is 97.1 Å². The molecular weight excluding hydrogens is 316 g/mol. The van der Waals surface area contributed by atoms with Gasteiger partial charge in [0.05, 0.1) is 17.8 Å². The highest BCUT2D eigenvalue weighted by atomic mass is 16.2. The van der Waals surface area contributed by atoms with Gasteiger partial charge in [-0.2, -0.15) is 0 Å². The van der Waals surface area contributed by atoms with Crippen molar-refractivity contribution in [2.75, 3.05) is 5.32 Å². The lowest BCUT2D eigenvalue weighted by Gasteiger charge is -2.22. The Bertz CT molecular complexity index is 755. The minimum absolute atomic E-state index is 0.184. The molecular formula is C19H22N4O2. The summed E-state index contributed by atoms with van der Waals surface area (Å²) >= 11 is 0. The number of benzene rings is 1. The van der Waals surface area contributed by atoms with Crippen LogP contribution in [0.5, 0.6) is 0 Å². The number of hydrogen-bond donors (Lipinski definition) is 3. The van der Waals surface area contributed by atoms with E-state index in [-0.39, 0.29) is 11.8 Å². The zero-order valence-corrected chi connectivity index (χ0v) is 14.0. The number of hydrogen-bond acceptors (Lipinski definition) is 4. The van der Waals surface area contributed by atoms with E-state index in [0.29, 0.717) is 30.6 Å². The second-order valence-corrected chi connectivity index (χ2v) is 6.40. The maximum absolute atomic E-state index is 12.4. The molecule has 0 saturated heterocycles. The van der Waals surface area contributed by atoms with Crippen LogP contribution in [-0.4, -0.2) is 22.3 Å². The zero-order valence-electron chi connectivity index (χ0n) is 14.0. The smallest absolute Gasteiger partial charge is 0.251 e. The average Bonchev–Trinajstić information content (AvgIpc) is 3.09. The monoisotopic (exact) mass is 338 g/mol. The van der Waals surface area contributed by atoms with Gasteiger partial charge in [0.2, 0.25) is 5.91 Å². The van der Waals surface area contributed by atoms with Crippen LogP contribution in [0.15, 0.2) is 48.7 Å². The number of pyridine rings is 1. The van der Waals surface area contributed by atoms with Crippen molar-refractivity contribution < 1.29 is 9.59 Å². The number of anilines is 1. The molecule has 6 heteroatoms. The fourth-order valence-corrected chi connectivity index (χ4v) is 3.00. The van der Waals surface area contributed by atoms with Crippen molar-refractivity contribution >= 4 is 17.5 Å². The summed E-state index contributed by atoms with van der Waals surface area (Å²) < 4.78 is 0.